The monoisotopic (exact) mass is 388 g/mol. The SMILES string of the molecule is O=C(Nc1cccnn1)N1CCC(=Cc2cccc(Oc3ncccn3)c2)CC1. The van der Waals surface area contributed by atoms with Gasteiger partial charge >= 0.3 is 12.0 Å². The first-order chi connectivity index (χ1) is 14.3. The molecule has 2 aromatic heterocycles. The zero-order valence-electron chi connectivity index (χ0n) is 15.7. The second-order valence-electron chi connectivity index (χ2n) is 6.53. The molecule has 1 aliphatic heterocycles. The molecule has 0 unspecified atom stereocenters. The molecule has 0 bridgehead atoms. The van der Waals surface area contributed by atoms with Crippen LogP contribution in [0.2, 0.25) is 0 Å². The summed E-state index contributed by atoms with van der Waals surface area (Å²) in [7, 11) is 0. The third-order valence-electron chi connectivity index (χ3n) is 4.48. The Morgan fingerprint density at radius 1 is 1.03 bits per heavy atom. The molecular weight excluding hydrogens is 368 g/mol. The van der Waals surface area contributed by atoms with Gasteiger partial charge in [0.1, 0.15) is 5.75 Å². The quantitative estimate of drug-likeness (QED) is 0.731. The fourth-order valence-corrected chi connectivity index (χ4v) is 3.05. The lowest BCUT2D eigenvalue weighted by Crippen LogP contribution is -2.39. The van der Waals surface area contributed by atoms with E-state index in [1.54, 1.807) is 41.7 Å². The van der Waals surface area contributed by atoms with Gasteiger partial charge in [-0.25, -0.2) is 14.8 Å². The Morgan fingerprint density at radius 2 is 1.86 bits per heavy atom. The fourth-order valence-electron chi connectivity index (χ4n) is 3.05. The lowest BCUT2D eigenvalue weighted by atomic mass is 10.0. The minimum Gasteiger partial charge on any atom is -0.424 e. The number of benzene rings is 1. The summed E-state index contributed by atoms with van der Waals surface area (Å²) in [6.45, 7) is 1.32. The molecule has 0 saturated carbocycles. The molecule has 3 heterocycles. The number of anilines is 1. The zero-order valence-corrected chi connectivity index (χ0v) is 15.7. The number of carbonyl (C=O) groups excluding carboxylic acids is 1. The van der Waals surface area contributed by atoms with Crippen LogP contribution in [0.4, 0.5) is 10.6 Å². The number of aromatic nitrogens is 4. The molecular formula is C21H20N6O2. The van der Waals surface area contributed by atoms with Crippen LogP contribution in [0.15, 0.2) is 66.6 Å². The number of amides is 2. The first-order valence-electron chi connectivity index (χ1n) is 9.34. The van der Waals surface area contributed by atoms with Crippen LogP contribution in [0.3, 0.4) is 0 Å². The molecule has 146 valence electrons. The van der Waals surface area contributed by atoms with Crippen LogP contribution in [-0.2, 0) is 0 Å². The second-order valence-corrected chi connectivity index (χ2v) is 6.53. The number of piperidine rings is 1. The van der Waals surface area contributed by atoms with E-state index >= 15 is 0 Å². The number of nitrogens with one attached hydrogen (secondary N) is 1. The van der Waals surface area contributed by atoms with Crippen LogP contribution in [0.1, 0.15) is 18.4 Å². The highest BCUT2D eigenvalue weighted by atomic mass is 16.5. The van der Waals surface area contributed by atoms with Crippen LogP contribution in [0.5, 0.6) is 11.8 Å². The van der Waals surface area contributed by atoms with Crippen LogP contribution in [0.25, 0.3) is 6.08 Å². The summed E-state index contributed by atoms with van der Waals surface area (Å²) in [5.41, 5.74) is 2.34. The van der Waals surface area contributed by atoms with E-state index in [9.17, 15) is 4.79 Å². The molecule has 4 rings (SSSR count). The van der Waals surface area contributed by atoms with Crippen LogP contribution < -0.4 is 10.1 Å². The normalized spacial score (nSPS) is 13.7. The molecule has 29 heavy (non-hydrogen) atoms. The topological polar surface area (TPSA) is 93.1 Å². The van der Waals surface area contributed by atoms with Crippen LogP contribution >= 0.6 is 0 Å². The summed E-state index contributed by atoms with van der Waals surface area (Å²) < 4.78 is 5.69. The standard InChI is InChI=1S/C21H20N6O2/c28-21(25-19-6-2-11-24-26-19)27-12-7-16(8-13-27)14-17-4-1-5-18(15-17)29-20-22-9-3-10-23-20/h1-6,9-11,14-15H,7-8,12-13H2,(H,25,26,28). The number of hydrogen-bond donors (Lipinski definition) is 1. The van der Waals surface area contributed by atoms with E-state index in [-0.39, 0.29) is 6.03 Å². The van der Waals surface area contributed by atoms with E-state index in [1.807, 2.05) is 24.3 Å². The van der Waals surface area contributed by atoms with E-state index < -0.39 is 0 Å². The average Bonchev–Trinajstić information content (AvgIpc) is 2.76. The minimum atomic E-state index is -0.150. The van der Waals surface area contributed by atoms with Gasteiger partial charge in [-0.2, -0.15) is 5.10 Å². The smallest absolute Gasteiger partial charge is 0.323 e. The highest BCUT2D eigenvalue weighted by Crippen LogP contribution is 2.23. The molecule has 1 saturated heterocycles. The van der Waals surface area contributed by atoms with Gasteiger partial charge < -0.3 is 9.64 Å². The molecule has 1 aromatic carbocycles. The van der Waals surface area contributed by atoms with Gasteiger partial charge in [0.2, 0.25) is 0 Å². The number of rotatable bonds is 4. The lowest BCUT2D eigenvalue weighted by molar-refractivity contribution is 0.207. The number of carbonyl (C=O) groups is 1. The predicted octanol–water partition coefficient (Wildman–Crippen LogP) is 3.77. The van der Waals surface area contributed by atoms with Crippen LogP contribution in [0, 0.1) is 0 Å². The predicted molar refractivity (Wildman–Crippen MR) is 108 cm³/mol. The van der Waals surface area contributed by atoms with Crippen molar-refractivity contribution in [1.29, 1.82) is 0 Å². The zero-order chi connectivity index (χ0) is 19.9. The molecule has 0 radical (unpaired) electrons. The summed E-state index contributed by atoms with van der Waals surface area (Å²) in [6.07, 6.45) is 8.64. The molecule has 8 nitrogen and oxygen atoms in total. The van der Waals surface area contributed by atoms with Gasteiger partial charge in [-0.15, -0.1) is 5.10 Å². The maximum absolute atomic E-state index is 12.3. The molecule has 1 N–H and O–H groups in total. The Morgan fingerprint density at radius 3 is 2.62 bits per heavy atom. The van der Waals surface area contributed by atoms with Gasteiger partial charge in [-0.3, -0.25) is 5.32 Å². The number of ether oxygens (including phenoxy) is 1. The fraction of sp³-hybridized carbons (Fsp3) is 0.190. The largest absolute Gasteiger partial charge is 0.424 e. The third-order valence-corrected chi connectivity index (χ3v) is 4.48. The number of nitrogens with zero attached hydrogens (tertiary/aromatic N) is 5. The molecule has 1 fully saturated rings. The molecule has 0 spiro atoms. The highest BCUT2D eigenvalue weighted by molar-refractivity contribution is 5.88. The Balaban J connectivity index is 1.35. The highest BCUT2D eigenvalue weighted by Gasteiger charge is 2.19. The van der Waals surface area contributed by atoms with Gasteiger partial charge in [-0.1, -0.05) is 23.8 Å². The number of hydrogen-bond acceptors (Lipinski definition) is 6. The Hall–Kier alpha value is -3.81. The average molecular weight is 388 g/mol. The summed E-state index contributed by atoms with van der Waals surface area (Å²) in [5, 5.41) is 10.4. The molecule has 1 aliphatic rings. The Bertz CT molecular complexity index is 984. The minimum absolute atomic E-state index is 0.150. The van der Waals surface area contributed by atoms with Crippen molar-refractivity contribution in [1.82, 2.24) is 25.1 Å². The maximum atomic E-state index is 12.3. The lowest BCUT2D eigenvalue weighted by Gasteiger charge is -2.28. The van der Waals surface area contributed by atoms with Crippen molar-refractivity contribution < 1.29 is 9.53 Å². The van der Waals surface area contributed by atoms with Crippen LogP contribution in [-0.4, -0.2) is 44.2 Å². The van der Waals surface area contributed by atoms with Gasteiger partial charge in [0.25, 0.3) is 0 Å². The maximum Gasteiger partial charge on any atom is 0.323 e. The van der Waals surface area contributed by atoms with Crippen molar-refractivity contribution in [3.63, 3.8) is 0 Å². The van der Waals surface area contributed by atoms with Gasteiger partial charge in [0.05, 0.1) is 0 Å². The summed E-state index contributed by atoms with van der Waals surface area (Å²) in [5.74, 6) is 1.14. The summed E-state index contributed by atoms with van der Waals surface area (Å²) in [6, 6.07) is 13.2. The first kappa shape index (κ1) is 18.5. The molecule has 0 atom stereocenters. The van der Waals surface area contributed by atoms with Crippen molar-refractivity contribution in [3.05, 3.63) is 72.2 Å². The van der Waals surface area contributed by atoms with E-state index in [0.717, 1.165) is 18.4 Å². The molecule has 8 heteroatoms. The van der Waals surface area contributed by atoms with E-state index in [1.165, 1.54) is 5.57 Å². The van der Waals surface area contributed by atoms with Crippen molar-refractivity contribution in [3.8, 4) is 11.8 Å². The van der Waals surface area contributed by atoms with Gasteiger partial charge in [-0.05, 0) is 48.7 Å². The molecule has 0 aliphatic carbocycles. The first-order valence-corrected chi connectivity index (χ1v) is 9.34. The number of likely N-dealkylation sites (tertiary alicyclic amines) is 1. The van der Waals surface area contributed by atoms with Crippen molar-refractivity contribution in [2.45, 2.75) is 12.8 Å². The van der Waals surface area contributed by atoms with E-state index in [2.05, 4.69) is 31.6 Å². The second kappa shape index (κ2) is 8.92. The molecule has 3 aromatic rings. The summed E-state index contributed by atoms with van der Waals surface area (Å²) >= 11 is 0. The van der Waals surface area contributed by atoms with E-state index in [0.29, 0.717) is 30.7 Å². The third kappa shape index (κ3) is 5.13. The summed E-state index contributed by atoms with van der Waals surface area (Å²) in [4.78, 5) is 22.3. The molecule has 2 amide bonds. The number of urea groups is 1. The van der Waals surface area contributed by atoms with Crippen molar-refractivity contribution >= 4 is 17.9 Å². The Kier molecular flexibility index (Phi) is 5.70. The van der Waals surface area contributed by atoms with E-state index in [4.69, 9.17) is 4.74 Å². The Labute approximate surface area is 168 Å². The van der Waals surface area contributed by atoms with Gasteiger partial charge in [0, 0.05) is 31.7 Å². The van der Waals surface area contributed by atoms with Crippen molar-refractivity contribution in [2.75, 3.05) is 18.4 Å². The van der Waals surface area contributed by atoms with Gasteiger partial charge in [0.15, 0.2) is 5.82 Å². The van der Waals surface area contributed by atoms with Crippen molar-refractivity contribution in [2.24, 2.45) is 0 Å².